The lowest BCUT2D eigenvalue weighted by molar-refractivity contribution is 0.580. The monoisotopic (exact) mass is 730 g/mol. The van der Waals surface area contributed by atoms with Crippen LogP contribution in [0.5, 0.6) is 0 Å². The van der Waals surface area contributed by atoms with Crippen molar-refractivity contribution in [2.75, 3.05) is 0 Å². The van der Waals surface area contributed by atoms with E-state index in [1.54, 1.807) is 0 Å². The topological polar surface area (TPSA) is 77.8 Å². The number of hydrogen-bond donors (Lipinski definition) is 0. The van der Waals surface area contributed by atoms with Crippen LogP contribution in [-0.4, -0.2) is 20.4 Å². The Hall–Kier alpha value is -6.66. The molecule has 0 spiro atoms. The van der Waals surface area contributed by atoms with Crippen molar-refractivity contribution in [1.82, 2.24) is 20.4 Å². The van der Waals surface area contributed by atoms with E-state index in [0.717, 1.165) is 44.2 Å². The standard InChI is InChI=1S/C50H42N4O2/c1-49(2,3)35-23-18-32(19-24-35)45-51-53-47(55-45)34-22-27-43(44(30-34)48-54-52-46(56-48)33-20-25-36(26-21-33)50(4,5)6)42-29-28-41(39-15-9-10-16-40(39)42)38-17-11-13-31-12-7-8-14-37(31)38/h7-30H,1-6H3. The zero-order valence-electron chi connectivity index (χ0n) is 32.5. The summed E-state index contributed by atoms with van der Waals surface area (Å²) in [6.45, 7) is 13.2. The van der Waals surface area contributed by atoms with Gasteiger partial charge in [-0.25, -0.2) is 0 Å². The van der Waals surface area contributed by atoms with E-state index in [0.29, 0.717) is 23.6 Å². The van der Waals surface area contributed by atoms with Gasteiger partial charge in [-0.3, -0.25) is 0 Å². The zero-order valence-corrected chi connectivity index (χ0v) is 32.5. The molecule has 0 bridgehead atoms. The summed E-state index contributed by atoms with van der Waals surface area (Å²) in [5, 5.41) is 22.8. The van der Waals surface area contributed by atoms with Crippen molar-refractivity contribution in [3.05, 3.63) is 157 Å². The quantitative estimate of drug-likeness (QED) is 0.169. The maximum Gasteiger partial charge on any atom is 0.248 e. The molecule has 6 nitrogen and oxygen atoms in total. The van der Waals surface area contributed by atoms with Gasteiger partial charge in [0.15, 0.2) is 0 Å². The molecule has 2 heterocycles. The molecule has 0 unspecified atom stereocenters. The van der Waals surface area contributed by atoms with Crippen molar-refractivity contribution in [3.63, 3.8) is 0 Å². The van der Waals surface area contributed by atoms with E-state index in [2.05, 4.69) is 171 Å². The lowest BCUT2D eigenvalue weighted by atomic mass is 9.87. The molecule has 0 amide bonds. The fourth-order valence-electron chi connectivity index (χ4n) is 7.45. The predicted molar refractivity (Wildman–Crippen MR) is 227 cm³/mol. The number of aromatic nitrogens is 4. The van der Waals surface area contributed by atoms with Crippen LogP contribution in [0.2, 0.25) is 0 Å². The molecule has 0 aliphatic rings. The van der Waals surface area contributed by atoms with Crippen molar-refractivity contribution < 1.29 is 8.83 Å². The minimum absolute atomic E-state index is 0.0320. The van der Waals surface area contributed by atoms with Crippen molar-refractivity contribution >= 4 is 21.5 Å². The van der Waals surface area contributed by atoms with Gasteiger partial charge in [0.25, 0.3) is 0 Å². The lowest BCUT2D eigenvalue weighted by Gasteiger charge is -2.18. The predicted octanol–water partition coefficient (Wildman–Crippen LogP) is 13.4. The highest BCUT2D eigenvalue weighted by Gasteiger charge is 2.22. The fourth-order valence-corrected chi connectivity index (χ4v) is 7.45. The number of rotatable bonds is 6. The first kappa shape index (κ1) is 35.1. The van der Waals surface area contributed by atoms with Crippen LogP contribution in [0.3, 0.4) is 0 Å². The Morgan fingerprint density at radius 2 is 0.750 bits per heavy atom. The van der Waals surface area contributed by atoms with Gasteiger partial charge in [-0.15, -0.1) is 20.4 Å². The smallest absolute Gasteiger partial charge is 0.248 e. The van der Waals surface area contributed by atoms with Crippen LogP contribution < -0.4 is 0 Å². The molecule has 0 radical (unpaired) electrons. The molecule has 9 rings (SSSR count). The molecule has 0 fully saturated rings. The minimum atomic E-state index is 0.0320. The first-order chi connectivity index (χ1) is 27.0. The molecule has 0 atom stereocenters. The molecular weight excluding hydrogens is 689 g/mol. The highest BCUT2D eigenvalue weighted by Crippen LogP contribution is 2.43. The van der Waals surface area contributed by atoms with Crippen molar-refractivity contribution in [3.8, 4) is 68.1 Å². The molecule has 0 aliphatic heterocycles. The van der Waals surface area contributed by atoms with Gasteiger partial charge in [0.1, 0.15) is 0 Å². The summed E-state index contributed by atoms with van der Waals surface area (Å²) in [7, 11) is 0. The fraction of sp³-hybridized carbons (Fsp3) is 0.160. The van der Waals surface area contributed by atoms with Gasteiger partial charge in [0.2, 0.25) is 23.6 Å². The first-order valence-electron chi connectivity index (χ1n) is 19.1. The van der Waals surface area contributed by atoms with Crippen LogP contribution in [0.15, 0.2) is 154 Å². The molecule has 7 aromatic carbocycles. The molecule has 0 N–H and O–H groups in total. The molecule has 0 aliphatic carbocycles. The van der Waals surface area contributed by atoms with E-state index in [4.69, 9.17) is 8.83 Å². The summed E-state index contributed by atoms with van der Waals surface area (Å²) in [5.41, 5.74) is 10.2. The van der Waals surface area contributed by atoms with E-state index in [9.17, 15) is 0 Å². The lowest BCUT2D eigenvalue weighted by Crippen LogP contribution is -2.10. The summed E-state index contributed by atoms with van der Waals surface area (Å²) in [4.78, 5) is 0. The normalized spacial score (nSPS) is 12.1. The van der Waals surface area contributed by atoms with Gasteiger partial charge < -0.3 is 8.83 Å². The Balaban J connectivity index is 1.17. The van der Waals surface area contributed by atoms with Crippen LogP contribution in [0.25, 0.3) is 89.6 Å². The maximum absolute atomic E-state index is 6.51. The molecule has 274 valence electrons. The summed E-state index contributed by atoms with van der Waals surface area (Å²) >= 11 is 0. The van der Waals surface area contributed by atoms with Crippen LogP contribution >= 0.6 is 0 Å². The van der Waals surface area contributed by atoms with Crippen molar-refractivity contribution in [2.45, 2.75) is 52.4 Å². The Labute approximate surface area is 326 Å². The second-order valence-electron chi connectivity index (χ2n) is 16.5. The number of benzene rings is 7. The summed E-state index contributed by atoms with van der Waals surface area (Å²) < 4.78 is 12.8. The van der Waals surface area contributed by atoms with Crippen LogP contribution in [0.4, 0.5) is 0 Å². The maximum atomic E-state index is 6.51. The van der Waals surface area contributed by atoms with E-state index < -0.39 is 0 Å². The summed E-state index contributed by atoms with van der Waals surface area (Å²) in [6, 6.07) is 50.8. The largest absolute Gasteiger partial charge is 0.416 e. The Bertz CT molecular complexity index is 2860. The Kier molecular flexibility index (Phi) is 8.50. The highest BCUT2D eigenvalue weighted by atomic mass is 16.4. The zero-order chi connectivity index (χ0) is 38.6. The second kappa shape index (κ2) is 13.6. The van der Waals surface area contributed by atoms with E-state index in [-0.39, 0.29) is 10.8 Å². The van der Waals surface area contributed by atoms with Crippen LogP contribution in [0, 0.1) is 0 Å². The average Bonchev–Trinajstić information content (AvgIpc) is 3.91. The number of nitrogens with zero attached hydrogens (tertiary/aromatic N) is 4. The van der Waals surface area contributed by atoms with Gasteiger partial charge in [-0.05, 0) is 102 Å². The van der Waals surface area contributed by atoms with E-state index >= 15 is 0 Å². The number of hydrogen-bond acceptors (Lipinski definition) is 6. The summed E-state index contributed by atoms with van der Waals surface area (Å²) in [5.74, 6) is 1.71. The molecule has 9 aromatic rings. The molecule has 2 aromatic heterocycles. The molecular formula is C50H42N4O2. The summed E-state index contributed by atoms with van der Waals surface area (Å²) in [6.07, 6.45) is 0. The minimum Gasteiger partial charge on any atom is -0.416 e. The van der Waals surface area contributed by atoms with Gasteiger partial charge in [-0.2, -0.15) is 0 Å². The third-order valence-corrected chi connectivity index (χ3v) is 10.6. The third kappa shape index (κ3) is 6.47. The van der Waals surface area contributed by atoms with Gasteiger partial charge >= 0.3 is 0 Å². The van der Waals surface area contributed by atoms with E-state index in [1.165, 1.54) is 33.0 Å². The molecule has 0 saturated heterocycles. The van der Waals surface area contributed by atoms with Gasteiger partial charge in [0, 0.05) is 22.3 Å². The third-order valence-electron chi connectivity index (χ3n) is 10.6. The van der Waals surface area contributed by atoms with E-state index in [1.807, 2.05) is 36.4 Å². The van der Waals surface area contributed by atoms with Crippen LogP contribution in [-0.2, 0) is 10.8 Å². The Morgan fingerprint density at radius 1 is 0.339 bits per heavy atom. The Morgan fingerprint density at radius 3 is 1.32 bits per heavy atom. The molecule has 56 heavy (non-hydrogen) atoms. The average molecular weight is 731 g/mol. The molecule has 0 saturated carbocycles. The number of fused-ring (bicyclic) bond motifs is 2. The van der Waals surface area contributed by atoms with Crippen molar-refractivity contribution in [2.24, 2.45) is 0 Å². The highest BCUT2D eigenvalue weighted by molar-refractivity contribution is 6.10. The first-order valence-corrected chi connectivity index (χ1v) is 19.1. The van der Waals surface area contributed by atoms with Crippen LogP contribution in [0.1, 0.15) is 52.7 Å². The van der Waals surface area contributed by atoms with Crippen molar-refractivity contribution in [1.29, 1.82) is 0 Å². The van der Waals surface area contributed by atoms with Gasteiger partial charge in [0.05, 0.1) is 0 Å². The van der Waals surface area contributed by atoms with Gasteiger partial charge in [-0.1, -0.05) is 151 Å². The second-order valence-corrected chi connectivity index (χ2v) is 16.5. The molecule has 6 heteroatoms. The SMILES string of the molecule is CC(C)(C)c1ccc(-c2nnc(-c3ccc(-c4ccc(-c5cccc6ccccc56)c5ccccc45)c(-c4nnc(-c5ccc(C(C)(C)C)cc5)o4)c3)o2)cc1.